The normalized spacial score (nSPS) is 12.2. The number of carbonyl (C=O) groups excluding carboxylic acids is 5. The van der Waals surface area contributed by atoms with Gasteiger partial charge in [-0.3, -0.25) is 24.0 Å². The first kappa shape index (κ1) is 68.1. The Morgan fingerprint density at radius 1 is 0.446 bits per heavy atom. The van der Waals surface area contributed by atoms with Crippen LogP contribution in [0, 0.1) is 17.8 Å². The van der Waals surface area contributed by atoms with Crippen LogP contribution < -0.4 is 26.6 Å². The highest BCUT2D eigenvalue weighted by Gasteiger charge is 2.25. The number of benzene rings is 1. The Kier molecular flexibility index (Phi) is 46.0. The lowest BCUT2D eigenvalue weighted by Crippen LogP contribution is -2.52. The van der Waals surface area contributed by atoms with Gasteiger partial charge in [0.05, 0.1) is 165 Å². The molecule has 0 saturated heterocycles. The number of hydrogen-bond acceptors (Lipinski definition) is 17. The van der Waals surface area contributed by atoms with Gasteiger partial charge in [-0.25, -0.2) is 0 Å². The number of unbranched alkanes of at least 4 members (excludes halogenated alkanes) is 1. The third kappa shape index (κ3) is 43.3. The SMILES string of the molecule is COCCOCCOCCOCCOCCOCCOCCOCCOCCOCCOCCOCCC(=O)NCCCC[C@@H](C(=O)NCC(=O)N[C@@H](Cc1ccccc1)C(=O)NCC(=O)NCC(C)C)C(C)C. The van der Waals surface area contributed by atoms with E-state index in [-0.39, 0.29) is 68.0 Å². The maximum absolute atomic E-state index is 13.1. The van der Waals surface area contributed by atoms with E-state index in [0.29, 0.717) is 178 Å². The van der Waals surface area contributed by atoms with E-state index in [1.807, 2.05) is 58.0 Å². The maximum atomic E-state index is 13.1. The second-order valence-electron chi connectivity index (χ2n) is 17.6. The molecule has 1 rings (SSSR count). The Hall–Kier alpha value is -3.91. The van der Waals surface area contributed by atoms with Crippen LogP contribution in [0.3, 0.4) is 0 Å². The van der Waals surface area contributed by atoms with E-state index in [1.165, 1.54) is 0 Å². The molecule has 0 spiro atoms. The van der Waals surface area contributed by atoms with Crippen LogP contribution in [0.2, 0.25) is 0 Å². The standard InChI is InChI=1S/C52H93N5O17/c1-43(2)40-54-49(59)41-56-52(62)47(39-45-11-7-6-8-12-45)57-50(60)42-55-51(61)46(44(3)4)13-9-10-15-53-48(58)14-16-64-19-20-66-23-24-68-27-28-70-31-32-72-35-36-74-38-37-73-34-33-71-30-29-69-26-25-67-22-21-65-18-17-63-5/h6-8,11-12,43-44,46-47H,9-10,13-42H2,1-5H3,(H,53,58)(H,54,59)(H,55,61)(H,56,62)(H,57,60)/t46-,47+/m1/s1. The molecule has 0 aliphatic carbocycles. The number of rotatable bonds is 53. The van der Waals surface area contributed by atoms with Crippen molar-refractivity contribution in [2.75, 3.05) is 185 Å². The van der Waals surface area contributed by atoms with Crippen molar-refractivity contribution in [1.29, 1.82) is 0 Å². The number of hydrogen-bond donors (Lipinski definition) is 5. The molecule has 0 bridgehead atoms. The van der Waals surface area contributed by atoms with E-state index in [9.17, 15) is 24.0 Å². The molecular formula is C52H93N5O17. The number of methoxy groups -OCH3 is 1. The van der Waals surface area contributed by atoms with Gasteiger partial charge in [-0.1, -0.05) is 64.4 Å². The van der Waals surface area contributed by atoms with Crippen molar-refractivity contribution in [3.05, 3.63) is 35.9 Å². The number of carbonyl (C=O) groups is 5. The van der Waals surface area contributed by atoms with E-state index >= 15 is 0 Å². The van der Waals surface area contributed by atoms with Crippen LogP contribution in [-0.4, -0.2) is 221 Å². The van der Waals surface area contributed by atoms with Crippen molar-refractivity contribution in [3.8, 4) is 0 Å². The molecule has 1 aromatic rings. The van der Waals surface area contributed by atoms with Gasteiger partial charge in [0.25, 0.3) is 0 Å². The summed E-state index contributed by atoms with van der Waals surface area (Å²) in [5.41, 5.74) is 0.829. The first-order chi connectivity index (χ1) is 36.0. The van der Waals surface area contributed by atoms with E-state index in [2.05, 4.69) is 26.6 Å². The summed E-state index contributed by atoms with van der Waals surface area (Å²) in [5.74, 6) is -1.78. The lowest BCUT2D eigenvalue weighted by Gasteiger charge is -2.21. The predicted molar refractivity (Wildman–Crippen MR) is 277 cm³/mol. The number of nitrogens with one attached hydrogen (secondary N) is 5. The fraction of sp³-hybridized carbons (Fsp3) is 0.788. The van der Waals surface area contributed by atoms with Crippen LogP contribution in [-0.2, 0) is 87.2 Å². The second kappa shape index (κ2) is 49.9. The van der Waals surface area contributed by atoms with Crippen LogP contribution in [0.15, 0.2) is 30.3 Å². The average molecular weight is 1060 g/mol. The Morgan fingerprint density at radius 2 is 0.851 bits per heavy atom. The maximum Gasteiger partial charge on any atom is 0.243 e. The minimum Gasteiger partial charge on any atom is -0.382 e. The van der Waals surface area contributed by atoms with Crippen LogP contribution in [0.25, 0.3) is 0 Å². The molecule has 0 unspecified atom stereocenters. The van der Waals surface area contributed by atoms with Gasteiger partial charge in [0.2, 0.25) is 29.5 Å². The average Bonchev–Trinajstić information content (AvgIpc) is 3.38. The van der Waals surface area contributed by atoms with Crippen LogP contribution in [0.1, 0.15) is 58.9 Å². The van der Waals surface area contributed by atoms with Gasteiger partial charge in [-0.05, 0) is 30.2 Å². The highest BCUT2D eigenvalue weighted by Crippen LogP contribution is 2.18. The zero-order valence-electron chi connectivity index (χ0n) is 45.3. The molecule has 22 heteroatoms. The van der Waals surface area contributed by atoms with Gasteiger partial charge in [0.15, 0.2) is 0 Å². The largest absolute Gasteiger partial charge is 0.382 e. The van der Waals surface area contributed by atoms with Gasteiger partial charge >= 0.3 is 0 Å². The van der Waals surface area contributed by atoms with Crippen LogP contribution >= 0.6 is 0 Å². The summed E-state index contributed by atoms with van der Waals surface area (Å²) in [5, 5.41) is 13.7. The smallest absolute Gasteiger partial charge is 0.243 e. The molecule has 2 atom stereocenters. The molecule has 5 amide bonds. The zero-order chi connectivity index (χ0) is 54.0. The lowest BCUT2D eigenvalue weighted by molar-refractivity contribution is -0.132. The Morgan fingerprint density at radius 3 is 1.27 bits per heavy atom. The third-order valence-electron chi connectivity index (χ3n) is 10.5. The summed E-state index contributed by atoms with van der Waals surface area (Å²) in [6.07, 6.45) is 2.39. The summed E-state index contributed by atoms with van der Waals surface area (Å²) in [4.78, 5) is 63.6. The highest BCUT2D eigenvalue weighted by molar-refractivity contribution is 5.92. The highest BCUT2D eigenvalue weighted by atomic mass is 16.6. The fourth-order valence-corrected chi connectivity index (χ4v) is 6.45. The topological polar surface area (TPSA) is 256 Å². The molecule has 0 fully saturated rings. The summed E-state index contributed by atoms with van der Waals surface area (Å²) >= 11 is 0. The van der Waals surface area contributed by atoms with Gasteiger partial charge in [0, 0.05) is 39.0 Å². The first-order valence-electron chi connectivity index (χ1n) is 26.3. The summed E-state index contributed by atoms with van der Waals surface area (Å²) < 4.78 is 65.1. The minimum atomic E-state index is -0.946. The molecule has 428 valence electrons. The van der Waals surface area contributed by atoms with Crippen molar-refractivity contribution in [2.24, 2.45) is 17.8 Å². The molecule has 5 N–H and O–H groups in total. The van der Waals surface area contributed by atoms with Gasteiger partial charge in [-0.15, -0.1) is 0 Å². The van der Waals surface area contributed by atoms with Gasteiger partial charge < -0.3 is 83.4 Å². The third-order valence-corrected chi connectivity index (χ3v) is 10.5. The van der Waals surface area contributed by atoms with Crippen molar-refractivity contribution < 1.29 is 80.8 Å². The van der Waals surface area contributed by atoms with E-state index in [0.717, 1.165) is 5.56 Å². The molecule has 1 aromatic carbocycles. The van der Waals surface area contributed by atoms with Crippen LogP contribution in [0.5, 0.6) is 0 Å². The quantitative estimate of drug-likeness (QED) is 0.0580. The molecule has 0 radical (unpaired) electrons. The Balaban J connectivity index is 1.96. The number of amides is 5. The van der Waals surface area contributed by atoms with E-state index < -0.39 is 17.9 Å². The second-order valence-corrected chi connectivity index (χ2v) is 17.6. The molecule has 0 aromatic heterocycles. The predicted octanol–water partition coefficient (Wildman–Crippen LogP) is 1.50. The molecule has 0 aliphatic rings. The van der Waals surface area contributed by atoms with Gasteiger partial charge in [-0.2, -0.15) is 0 Å². The monoisotopic (exact) mass is 1060 g/mol. The van der Waals surface area contributed by atoms with E-state index in [4.69, 9.17) is 56.8 Å². The van der Waals surface area contributed by atoms with Crippen LogP contribution in [0.4, 0.5) is 0 Å². The van der Waals surface area contributed by atoms with Crippen molar-refractivity contribution in [1.82, 2.24) is 26.6 Å². The molecule has 74 heavy (non-hydrogen) atoms. The Bertz CT molecular complexity index is 1520. The Labute approximate surface area is 440 Å². The fourth-order valence-electron chi connectivity index (χ4n) is 6.45. The summed E-state index contributed by atoms with van der Waals surface area (Å²) in [6.45, 7) is 19.0. The summed E-state index contributed by atoms with van der Waals surface area (Å²) in [6, 6.07) is 8.27. The van der Waals surface area contributed by atoms with E-state index in [1.54, 1.807) is 7.11 Å². The lowest BCUT2D eigenvalue weighted by atomic mass is 9.89. The van der Waals surface area contributed by atoms with Crippen molar-refractivity contribution >= 4 is 29.5 Å². The van der Waals surface area contributed by atoms with Crippen molar-refractivity contribution in [3.63, 3.8) is 0 Å². The molecule has 0 aliphatic heterocycles. The molecular weight excluding hydrogens is 967 g/mol. The van der Waals surface area contributed by atoms with Crippen molar-refractivity contribution in [2.45, 2.75) is 65.8 Å². The first-order valence-corrected chi connectivity index (χ1v) is 26.3. The molecule has 0 saturated carbocycles. The van der Waals surface area contributed by atoms with Gasteiger partial charge in [0.1, 0.15) is 6.04 Å². The molecule has 22 nitrogen and oxygen atoms in total. The number of ether oxygens (including phenoxy) is 12. The summed E-state index contributed by atoms with van der Waals surface area (Å²) in [7, 11) is 1.64. The zero-order valence-corrected chi connectivity index (χ0v) is 45.3. The minimum absolute atomic E-state index is 0.0179. The molecule has 0 heterocycles.